The van der Waals surface area contributed by atoms with E-state index in [0.29, 0.717) is 25.1 Å². The highest BCUT2D eigenvalue weighted by atomic mass is 16.2. The minimum absolute atomic E-state index is 0.0601. The molecule has 1 heterocycles. The normalized spacial score (nSPS) is 17.6. The molecular weight excluding hydrogens is 338 g/mol. The second kappa shape index (κ2) is 8.82. The molecule has 5 nitrogen and oxygen atoms in total. The highest BCUT2D eigenvalue weighted by Gasteiger charge is 2.29. The van der Waals surface area contributed by atoms with Crippen LogP contribution >= 0.6 is 0 Å². The van der Waals surface area contributed by atoms with Gasteiger partial charge in [0.25, 0.3) is 5.91 Å². The zero-order valence-corrected chi connectivity index (χ0v) is 16.0. The third-order valence-electron chi connectivity index (χ3n) is 4.99. The van der Waals surface area contributed by atoms with Gasteiger partial charge >= 0.3 is 0 Å². The average molecular weight is 365 g/mol. The van der Waals surface area contributed by atoms with Crippen LogP contribution in [0.4, 0.5) is 0 Å². The first kappa shape index (κ1) is 19.1. The maximum Gasteiger partial charge on any atom is 0.251 e. The van der Waals surface area contributed by atoms with Gasteiger partial charge in [0.15, 0.2) is 0 Å². The van der Waals surface area contributed by atoms with Gasteiger partial charge in [0.1, 0.15) is 0 Å². The minimum atomic E-state index is -0.135. The largest absolute Gasteiger partial charge is 0.352 e. The Morgan fingerprint density at radius 3 is 2.59 bits per heavy atom. The van der Waals surface area contributed by atoms with Crippen LogP contribution in [0.25, 0.3) is 0 Å². The van der Waals surface area contributed by atoms with Gasteiger partial charge in [0.2, 0.25) is 5.91 Å². The molecule has 0 radical (unpaired) electrons. The molecule has 0 saturated carbocycles. The average Bonchev–Trinajstić information content (AvgIpc) is 2.68. The molecule has 142 valence electrons. The van der Waals surface area contributed by atoms with E-state index in [9.17, 15) is 9.59 Å². The summed E-state index contributed by atoms with van der Waals surface area (Å²) in [4.78, 5) is 29.3. The second-order valence-electron chi connectivity index (χ2n) is 7.15. The number of carbonyl (C=O) groups is 2. The Bertz CT molecular complexity index is 791. The van der Waals surface area contributed by atoms with Crippen LogP contribution in [-0.2, 0) is 4.79 Å². The van der Waals surface area contributed by atoms with E-state index < -0.39 is 0 Å². The molecule has 0 bridgehead atoms. The molecule has 1 unspecified atom stereocenters. The predicted molar refractivity (Wildman–Crippen MR) is 107 cm³/mol. The summed E-state index contributed by atoms with van der Waals surface area (Å²) in [5.74, 6) is -0.0500. The van der Waals surface area contributed by atoms with Gasteiger partial charge in [-0.3, -0.25) is 9.59 Å². The van der Waals surface area contributed by atoms with Crippen LogP contribution in [0.3, 0.4) is 0 Å². The second-order valence-corrected chi connectivity index (χ2v) is 7.15. The molecule has 0 aliphatic carbocycles. The summed E-state index contributed by atoms with van der Waals surface area (Å²) in [5, 5.41) is 2.86. The van der Waals surface area contributed by atoms with Crippen molar-refractivity contribution < 1.29 is 9.59 Å². The van der Waals surface area contributed by atoms with Crippen LogP contribution < -0.4 is 5.32 Å². The number of benzene rings is 2. The monoisotopic (exact) mass is 365 g/mol. The summed E-state index contributed by atoms with van der Waals surface area (Å²) in [6.45, 7) is 4.70. The van der Waals surface area contributed by atoms with Crippen LogP contribution in [0.5, 0.6) is 0 Å². The fourth-order valence-electron chi connectivity index (χ4n) is 3.49. The van der Waals surface area contributed by atoms with E-state index in [2.05, 4.69) is 29.4 Å². The van der Waals surface area contributed by atoms with Gasteiger partial charge < -0.3 is 15.1 Å². The Balaban J connectivity index is 1.58. The number of rotatable bonds is 5. The number of hydrogen-bond donors (Lipinski definition) is 1. The van der Waals surface area contributed by atoms with Gasteiger partial charge in [-0.05, 0) is 31.7 Å². The fourth-order valence-corrected chi connectivity index (χ4v) is 3.49. The maximum atomic E-state index is 12.8. The van der Waals surface area contributed by atoms with Crippen molar-refractivity contribution in [3.8, 4) is 0 Å². The van der Waals surface area contributed by atoms with Gasteiger partial charge in [0, 0.05) is 38.2 Å². The number of carbonyl (C=O) groups excluding carboxylic acids is 2. The summed E-state index contributed by atoms with van der Waals surface area (Å²) in [5.41, 5.74) is 2.83. The number of hydrogen-bond acceptors (Lipinski definition) is 3. The molecule has 27 heavy (non-hydrogen) atoms. The summed E-state index contributed by atoms with van der Waals surface area (Å²) >= 11 is 0. The molecule has 1 atom stereocenters. The van der Waals surface area contributed by atoms with E-state index >= 15 is 0 Å². The number of likely N-dealkylation sites (N-methyl/N-ethyl adjacent to an activating group) is 1. The first-order valence-corrected chi connectivity index (χ1v) is 9.42. The molecule has 1 fully saturated rings. The number of amides is 2. The van der Waals surface area contributed by atoms with Crippen molar-refractivity contribution >= 4 is 11.8 Å². The summed E-state index contributed by atoms with van der Waals surface area (Å²) in [6.07, 6.45) is 0.310. The number of aryl methyl sites for hydroxylation is 1. The Morgan fingerprint density at radius 1 is 1.07 bits per heavy atom. The smallest absolute Gasteiger partial charge is 0.251 e. The predicted octanol–water partition coefficient (Wildman–Crippen LogP) is 2.63. The van der Waals surface area contributed by atoms with E-state index in [1.807, 2.05) is 48.2 Å². The topological polar surface area (TPSA) is 52.7 Å². The lowest BCUT2D eigenvalue weighted by molar-refractivity contribution is -0.136. The van der Waals surface area contributed by atoms with Gasteiger partial charge in [-0.25, -0.2) is 0 Å². The van der Waals surface area contributed by atoms with Gasteiger partial charge in [-0.15, -0.1) is 0 Å². The third-order valence-corrected chi connectivity index (χ3v) is 4.99. The molecule has 2 aromatic rings. The van der Waals surface area contributed by atoms with E-state index in [1.165, 1.54) is 0 Å². The van der Waals surface area contributed by atoms with Crippen molar-refractivity contribution in [3.63, 3.8) is 0 Å². The van der Waals surface area contributed by atoms with E-state index in [-0.39, 0.29) is 17.9 Å². The number of nitrogens with one attached hydrogen (secondary N) is 1. The lowest BCUT2D eigenvalue weighted by Gasteiger charge is -2.40. The first-order valence-electron chi connectivity index (χ1n) is 9.42. The van der Waals surface area contributed by atoms with E-state index in [1.54, 1.807) is 6.07 Å². The Morgan fingerprint density at radius 2 is 1.85 bits per heavy atom. The van der Waals surface area contributed by atoms with Gasteiger partial charge in [-0.1, -0.05) is 48.0 Å². The van der Waals surface area contributed by atoms with Crippen LogP contribution in [0.15, 0.2) is 54.6 Å². The molecule has 1 N–H and O–H groups in total. The lowest BCUT2D eigenvalue weighted by Crippen LogP contribution is -2.49. The van der Waals surface area contributed by atoms with Crippen LogP contribution in [0.2, 0.25) is 0 Å². The summed E-state index contributed by atoms with van der Waals surface area (Å²) in [7, 11) is 2.08. The molecule has 1 saturated heterocycles. The molecule has 3 rings (SSSR count). The van der Waals surface area contributed by atoms with Crippen LogP contribution in [0, 0.1) is 6.92 Å². The zero-order valence-electron chi connectivity index (χ0n) is 16.0. The molecule has 5 heteroatoms. The highest BCUT2D eigenvalue weighted by molar-refractivity contribution is 5.94. The van der Waals surface area contributed by atoms with Crippen molar-refractivity contribution in [2.24, 2.45) is 0 Å². The molecule has 1 aliphatic rings. The maximum absolute atomic E-state index is 12.8. The van der Waals surface area contributed by atoms with Crippen molar-refractivity contribution in [3.05, 3.63) is 71.3 Å². The summed E-state index contributed by atoms with van der Waals surface area (Å²) < 4.78 is 0. The Kier molecular flexibility index (Phi) is 6.24. The van der Waals surface area contributed by atoms with Crippen molar-refractivity contribution in [1.82, 2.24) is 15.1 Å². The fraction of sp³-hybridized carbons (Fsp3) is 0.364. The van der Waals surface area contributed by atoms with E-state index in [4.69, 9.17) is 0 Å². The molecule has 2 aromatic carbocycles. The Labute approximate surface area is 161 Å². The quantitative estimate of drug-likeness (QED) is 0.886. The van der Waals surface area contributed by atoms with Gasteiger partial charge in [0.05, 0.1) is 6.04 Å². The zero-order chi connectivity index (χ0) is 19.2. The Hall–Kier alpha value is -2.66. The molecule has 1 aliphatic heterocycles. The minimum Gasteiger partial charge on any atom is -0.352 e. The van der Waals surface area contributed by atoms with Crippen molar-refractivity contribution in [1.29, 1.82) is 0 Å². The molecule has 0 aromatic heterocycles. The van der Waals surface area contributed by atoms with E-state index in [0.717, 1.165) is 24.2 Å². The lowest BCUT2D eigenvalue weighted by atomic mass is 10.0. The molecule has 0 spiro atoms. The summed E-state index contributed by atoms with van der Waals surface area (Å²) in [6, 6.07) is 17.7. The standard InChI is InChI=1S/C22H27N3O2/c1-17-7-6-10-19(15-17)22(27)23-12-11-21(26)25-14-13-24(2)16-20(25)18-8-4-3-5-9-18/h3-10,15,20H,11-14,16H2,1-2H3,(H,23,27). The van der Waals surface area contributed by atoms with Gasteiger partial charge in [-0.2, -0.15) is 0 Å². The SMILES string of the molecule is Cc1cccc(C(=O)NCCC(=O)N2CCN(C)CC2c2ccccc2)c1. The van der Waals surface area contributed by atoms with Crippen LogP contribution in [-0.4, -0.2) is 54.8 Å². The number of piperazine rings is 1. The molecule has 2 amide bonds. The first-order chi connectivity index (χ1) is 13.0. The van der Waals surface area contributed by atoms with Crippen molar-refractivity contribution in [2.45, 2.75) is 19.4 Å². The van der Waals surface area contributed by atoms with Crippen molar-refractivity contribution in [2.75, 3.05) is 33.2 Å². The highest BCUT2D eigenvalue weighted by Crippen LogP contribution is 2.25. The molecular formula is C22H27N3O2. The van der Waals surface area contributed by atoms with Crippen LogP contribution in [0.1, 0.15) is 33.9 Å². The number of nitrogens with zero attached hydrogens (tertiary/aromatic N) is 2. The third kappa shape index (κ3) is 4.95.